The number of hydrogen-bond acceptors (Lipinski definition) is 3. The molecule has 1 heterocycles. The van der Waals surface area contributed by atoms with Gasteiger partial charge in [-0.05, 0) is 41.3 Å². The third-order valence-electron chi connectivity index (χ3n) is 5.13. The van der Waals surface area contributed by atoms with Crippen LogP contribution in [0.2, 0.25) is 0 Å². The fraction of sp³-hybridized carbons (Fsp3) is 0.0800. The van der Waals surface area contributed by atoms with Crippen LogP contribution in [0.4, 0.5) is 13.2 Å². The van der Waals surface area contributed by atoms with E-state index in [2.05, 4.69) is 5.10 Å². The zero-order valence-electron chi connectivity index (χ0n) is 17.2. The number of nitrogens with zero attached hydrogens (tertiary/aromatic N) is 3. The molecule has 0 saturated heterocycles. The summed E-state index contributed by atoms with van der Waals surface area (Å²) >= 11 is 0. The molecule has 3 aromatic carbocycles. The normalized spacial score (nSPS) is 11.2. The highest BCUT2D eigenvalue weighted by molar-refractivity contribution is 6.00. The second-order valence-electron chi connectivity index (χ2n) is 7.33. The molecule has 0 radical (unpaired) electrons. The number of benzene rings is 3. The van der Waals surface area contributed by atoms with E-state index in [1.165, 1.54) is 30.3 Å². The summed E-state index contributed by atoms with van der Waals surface area (Å²) in [5.74, 6) is -1.06. The summed E-state index contributed by atoms with van der Waals surface area (Å²) in [4.78, 5) is 12.5. The van der Waals surface area contributed by atoms with E-state index in [-0.39, 0.29) is 22.4 Å². The minimum absolute atomic E-state index is 0.125. The van der Waals surface area contributed by atoms with Gasteiger partial charge < -0.3 is 5.73 Å². The van der Waals surface area contributed by atoms with Crippen molar-refractivity contribution in [3.05, 3.63) is 107 Å². The molecule has 4 rings (SSSR count). The van der Waals surface area contributed by atoms with Crippen molar-refractivity contribution < 1.29 is 18.0 Å². The van der Waals surface area contributed by atoms with E-state index < -0.39 is 23.5 Å². The fourth-order valence-corrected chi connectivity index (χ4v) is 3.73. The maximum atomic E-state index is 14.1. The van der Waals surface area contributed by atoms with E-state index in [1.54, 1.807) is 18.2 Å². The lowest BCUT2D eigenvalue weighted by molar-refractivity contribution is -0.140. The van der Waals surface area contributed by atoms with Crippen LogP contribution in [0.5, 0.6) is 0 Å². The summed E-state index contributed by atoms with van der Waals surface area (Å²) in [6.07, 6.45) is -4.50. The van der Waals surface area contributed by atoms with Crippen molar-refractivity contribution in [3.63, 3.8) is 0 Å². The number of nitrogens with two attached hydrogens (primary N) is 1. The lowest BCUT2D eigenvalue weighted by atomic mass is 9.93. The van der Waals surface area contributed by atoms with Gasteiger partial charge in [-0.3, -0.25) is 4.79 Å². The molecule has 33 heavy (non-hydrogen) atoms. The molecule has 0 bridgehead atoms. The topological polar surface area (TPSA) is 84.7 Å². The van der Waals surface area contributed by atoms with Crippen LogP contribution in [-0.4, -0.2) is 15.7 Å². The standard InChI is InChI=1S/C25H17F3N4O/c26-25(27,28)23-21(20-12-5-4-10-18(20)13-16-7-2-1-3-8-16)22(24(30)33)32(31-23)19-11-6-9-17(14-19)15-29/h1-12,14H,13H2,(H2,30,33). The first kappa shape index (κ1) is 21.8. The van der Waals surface area contributed by atoms with E-state index >= 15 is 0 Å². The molecular formula is C25H17F3N4O. The number of carbonyl (C=O) groups is 1. The molecule has 4 aromatic rings. The summed E-state index contributed by atoms with van der Waals surface area (Å²) < 4.78 is 43.3. The Morgan fingerprint density at radius 2 is 1.70 bits per heavy atom. The summed E-state index contributed by atoms with van der Waals surface area (Å²) in [6.45, 7) is 0. The first-order valence-electron chi connectivity index (χ1n) is 9.92. The number of primary amides is 1. The smallest absolute Gasteiger partial charge is 0.364 e. The summed E-state index contributed by atoms with van der Waals surface area (Å²) in [5.41, 5.74) is 5.60. The Labute approximate surface area is 187 Å². The molecule has 0 unspecified atom stereocenters. The van der Waals surface area contributed by atoms with E-state index in [9.17, 15) is 23.2 Å². The number of aromatic nitrogens is 2. The highest BCUT2D eigenvalue weighted by Crippen LogP contribution is 2.41. The average molecular weight is 446 g/mol. The van der Waals surface area contributed by atoms with Crippen molar-refractivity contribution in [2.75, 3.05) is 0 Å². The Bertz CT molecular complexity index is 1370. The van der Waals surface area contributed by atoms with E-state index in [0.717, 1.165) is 10.2 Å². The third kappa shape index (κ3) is 4.34. The second kappa shape index (κ2) is 8.63. The van der Waals surface area contributed by atoms with E-state index in [1.807, 2.05) is 36.4 Å². The van der Waals surface area contributed by atoms with Crippen LogP contribution >= 0.6 is 0 Å². The van der Waals surface area contributed by atoms with Crippen molar-refractivity contribution in [1.82, 2.24) is 9.78 Å². The monoisotopic (exact) mass is 446 g/mol. The lowest BCUT2D eigenvalue weighted by Crippen LogP contribution is -2.18. The number of nitriles is 1. The minimum Gasteiger partial charge on any atom is -0.364 e. The van der Waals surface area contributed by atoms with Crippen molar-refractivity contribution in [2.45, 2.75) is 12.6 Å². The zero-order chi connectivity index (χ0) is 23.6. The first-order chi connectivity index (χ1) is 15.8. The van der Waals surface area contributed by atoms with Crippen LogP contribution in [0.15, 0.2) is 78.9 Å². The van der Waals surface area contributed by atoms with Gasteiger partial charge in [0.05, 0.1) is 17.3 Å². The van der Waals surface area contributed by atoms with Crippen LogP contribution in [0, 0.1) is 11.3 Å². The molecule has 1 aromatic heterocycles. The van der Waals surface area contributed by atoms with Crippen molar-refractivity contribution in [2.24, 2.45) is 5.73 Å². The zero-order valence-corrected chi connectivity index (χ0v) is 17.2. The Hall–Kier alpha value is -4.38. The number of rotatable bonds is 5. The van der Waals surface area contributed by atoms with Gasteiger partial charge in [-0.2, -0.15) is 23.5 Å². The van der Waals surface area contributed by atoms with Gasteiger partial charge in [-0.25, -0.2) is 4.68 Å². The number of carbonyl (C=O) groups excluding carboxylic acids is 1. The molecule has 1 amide bonds. The minimum atomic E-state index is -4.85. The number of alkyl halides is 3. The van der Waals surface area contributed by atoms with Gasteiger partial charge in [-0.1, -0.05) is 60.7 Å². The van der Waals surface area contributed by atoms with Gasteiger partial charge >= 0.3 is 6.18 Å². The third-order valence-corrected chi connectivity index (χ3v) is 5.13. The molecule has 5 nitrogen and oxygen atoms in total. The highest BCUT2D eigenvalue weighted by atomic mass is 19.4. The number of halogens is 3. The number of amides is 1. The molecule has 0 atom stereocenters. The summed E-state index contributed by atoms with van der Waals surface area (Å²) in [7, 11) is 0. The molecule has 0 aliphatic heterocycles. The predicted octanol–water partition coefficient (Wildman–Crippen LogP) is 5.12. The molecular weight excluding hydrogens is 429 g/mol. The van der Waals surface area contributed by atoms with Crippen LogP contribution in [-0.2, 0) is 12.6 Å². The Balaban J connectivity index is 2.00. The molecule has 164 valence electrons. The molecule has 0 aliphatic rings. The van der Waals surface area contributed by atoms with E-state index in [0.29, 0.717) is 12.0 Å². The maximum absolute atomic E-state index is 14.1. The second-order valence-corrected chi connectivity index (χ2v) is 7.33. The summed E-state index contributed by atoms with van der Waals surface area (Å²) in [6, 6.07) is 23.5. The Morgan fingerprint density at radius 3 is 2.36 bits per heavy atom. The Kier molecular flexibility index (Phi) is 5.71. The SMILES string of the molecule is N#Cc1cccc(-n2nc(C(F)(F)F)c(-c3ccccc3Cc3ccccc3)c2C(N)=O)c1. The van der Waals surface area contributed by atoms with Gasteiger partial charge in [0.15, 0.2) is 5.69 Å². The maximum Gasteiger partial charge on any atom is 0.435 e. The molecule has 0 spiro atoms. The Morgan fingerprint density at radius 1 is 1.00 bits per heavy atom. The highest BCUT2D eigenvalue weighted by Gasteiger charge is 2.41. The van der Waals surface area contributed by atoms with Gasteiger partial charge in [0.25, 0.3) is 5.91 Å². The van der Waals surface area contributed by atoms with Crippen LogP contribution in [0.1, 0.15) is 32.9 Å². The lowest BCUT2D eigenvalue weighted by Gasteiger charge is -2.13. The van der Waals surface area contributed by atoms with Crippen molar-refractivity contribution >= 4 is 5.91 Å². The molecule has 0 fully saturated rings. The van der Waals surface area contributed by atoms with Gasteiger partial charge in [0, 0.05) is 5.56 Å². The van der Waals surface area contributed by atoms with Gasteiger partial charge in [0.1, 0.15) is 5.69 Å². The quantitative estimate of drug-likeness (QED) is 0.462. The van der Waals surface area contributed by atoms with E-state index in [4.69, 9.17) is 5.73 Å². The molecule has 8 heteroatoms. The first-order valence-corrected chi connectivity index (χ1v) is 9.92. The predicted molar refractivity (Wildman–Crippen MR) is 116 cm³/mol. The largest absolute Gasteiger partial charge is 0.435 e. The van der Waals surface area contributed by atoms with Crippen LogP contribution in [0.3, 0.4) is 0 Å². The van der Waals surface area contributed by atoms with Gasteiger partial charge in [-0.15, -0.1) is 0 Å². The van der Waals surface area contributed by atoms with Crippen LogP contribution < -0.4 is 5.73 Å². The molecule has 2 N–H and O–H groups in total. The average Bonchev–Trinajstić information content (AvgIpc) is 3.22. The van der Waals surface area contributed by atoms with Crippen molar-refractivity contribution in [1.29, 1.82) is 5.26 Å². The van der Waals surface area contributed by atoms with Gasteiger partial charge in [0.2, 0.25) is 0 Å². The van der Waals surface area contributed by atoms with Crippen molar-refractivity contribution in [3.8, 4) is 22.9 Å². The number of hydrogen-bond donors (Lipinski definition) is 1. The van der Waals surface area contributed by atoms with Crippen LogP contribution in [0.25, 0.3) is 16.8 Å². The summed E-state index contributed by atoms with van der Waals surface area (Å²) in [5, 5.41) is 12.9. The molecule has 0 saturated carbocycles. The fourth-order valence-electron chi connectivity index (χ4n) is 3.73. The molecule has 0 aliphatic carbocycles.